The highest BCUT2D eigenvalue weighted by Crippen LogP contribution is 2.27. The zero-order valence-corrected chi connectivity index (χ0v) is 9.97. The lowest BCUT2D eigenvalue weighted by Gasteiger charge is -2.10. The molecule has 80 valence electrons. The molecule has 2 nitrogen and oxygen atoms in total. The summed E-state index contributed by atoms with van der Waals surface area (Å²) in [5.74, 6) is 0. The zero-order chi connectivity index (χ0) is 11.3. The number of nitrogen functional groups attached to an aromatic ring is 1. The van der Waals surface area contributed by atoms with Gasteiger partial charge in [-0.1, -0.05) is 13.8 Å². The van der Waals surface area contributed by atoms with E-state index >= 15 is 0 Å². The van der Waals surface area contributed by atoms with E-state index in [4.69, 9.17) is 11.0 Å². The van der Waals surface area contributed by atoms with Crippen LogP contribution in [0.2, 0.25) is 0 Å². The van der Waals surface area contributed by atoms with Gasteiger partial charge < -0.3 is 5.73 Å². The molecule has 0 saturated heterocycles. The van der Waals surface area contributed by atoms with E-state index in [2.05, 4.69) is 19.9 Å². The minimum absolute atomic E-state index is 0.390. The van der Waals surface area contributed by atoms with Crippen LogP contribution in [0.3, 0.4) is 0 Å². The lowest BCUT2D eigenvalue weighted by atomic mass is 10.1. The molecule has 0 heterocycles. The molecule has 0 spiro atoms. The quantitative estimate of drug-likeness (QED) is 0.626. The molecule has 1 rings (SSSR count). The fourth-order valence-corrected chi connectivity index (χ4v) is 2.20. The summed E-state index contributed by atoms with van der Waals surface area (Å²) >= 11 is 1.83. The van der Waals surface area contributed by atoms with Gasteiger partial charge in [-0.05, 0) is 30.2 Å². The molecular formula is C12H16N2S. The normalized spacial score (nSPS) is 12.1. The number of nitrogens with two attached hydrogens (primary N) is 1. The first-order valence-corrected chi connectivity index (χ1v) is 5.97. The van der Waals surface area contributed by atoms with Gasteiger partial charge in [-0.2, -0.15) is 5.26 Å². The van der Waals surface area contributed by atoms with Crippen molar-refractivity contribution >= 4 is 17.4 Å². The highest BCUT2D eigenvalue weighted by molar-refractivity contribution is 7.99. The van der Waals surface area contributed by atoms with E-state index in [0.29, 0.717) is 17.4 Å². The maximum atomic E-state index is 8.65. The summed E-state index contributed by atoms with van der Waals surface area (Å²) in [5, 5.41) is 9.25. The molecule has 0 saturated carbocycles. The van der Waals surface area contributed by atoms with Crippen molar-refractivity contribution in [3.63, 3.8) is 0 Å². The van der Waals surface area contributed by atoms with Crippen molar-refractivity contribution in [3.8, 4) is 6.07 Å². The van der Waals surface area contributed by atoms with Crippen LogP contribution in [0.25, 0.3) is 0 Å². The molecule has 0 aliphatic rings. The average Bonchev–Trinajstić information content (AvgIpc) is 2.23. The van der Waals surface area contributed by atoms with Crippen molar-refractivity contribution in [1.29, 1.82) is 5.26 Å². The number of nitrogens with zero attached hydrogens (tertiary/aromatic N) is 1. The van der Waals surface area contributed by atoms with E-state index in [9.17, 15) is 0 Å². The van der Waals surface area contributed by atoms with Gasteiger partial charge in [0.15, 0.2) is 0 Å². The minimum atomic E-state index is 0.390. The first-order valence-electron chi connectivity index (χ1n) is 5.09. The molecular weight excluding hydrogens is 204 g/mol. The largest absolute Gasteiger partial charge is 0.398 e. The van der Waals surface area contributed by atoms with E-state index < -0.39 is 0 Å². The fourth-order valence-electron chi connectivity index (χ4n) is 1.21. The van der Waals surface area contributed by atoms with Crippen molar-refractivity contribution in [2.45, 2.75) is 36.8 Å². The van der Waals surface area contributed by atoms with Crippen molar-refractivity contribution in [2.75, 3.05) is 5.73 Å². The van der Waals surface area contributed by atoms with Crippen LogP contribution in [0.5, 0.6) is 0 Å². The van der Waals surface area contributed by atoms with Crippen LogP contribution in [0.1, 0.15) is 25.8 Å². The number of nitriles is 1. The van der Waals surface area contributed by atoms with E-state index in [1.54, 1.807) is 0 Å². The highest BCUT2D eigenvalue weighted by atomic mass is 32.2. The summed E-state index contributed by atoms with van der Waals surface area (Å²) in [6, 6.07) is 8.06. The van der Waals surface area contributed by atoms with Crippen LogP contribution in [0.15, 0.2) is 23.1 Å². The van der Waals surface area contributed by atoms with Gasteiger partial charge in [-0.25, -0.2) is 0 Å². The smallest absolute Gasteiger partial charge is 0.0670 e. The van der Waals surface area contributed by atoms with Gasteiger partial charge in [0.25, 0.3) is 0 Å². The van der Waals surface area contributed by atoms with Gasteiger partial charge in [-0.15, -0.1) is 11.8 Å². The molecule has 1 unspecified atom stereocenters. The molecule has 0 aromatic heterocycles. The van der Waals surface area contributed by atoms with Gasteiger partial charge in [0, 0.05) is 15.8 Å². The molecule has 15 heavy (non-hydrogen) atoms. The topological polar surface area (TPSA) is 49.8 Å². The van der Waals surface area contributed by atoms with Crippen molar-refractivity contribution < 1.29 is 0 Å². The van der Waals surface area contributed by atoms with Crippen molar-refractivity contribution in [3.05, 3.63) is 23.8 Å². The van der Waals surface area contributed by atoms with Crippen molar-refractivity contribution in [2.24, 2.45) is 0 Å². The predicted octanol–water partition coefficient (Wildman–Crippen LogP) is 3.23. The zero-order valence-electron chi connectivity index (χ0n) is 9.16. The molecule has 0 aliphatic carbocycles. The van der Waals surface area contributed by atoms with Crippen LogP contribution in [-0.2, 0) is 6.42 Å². The Balaban J connectivity index is 2.83. The second-order valence-corrected chi connectivity index (χ2v) is 5.04. The summed E-state index contributed by atoms with van der Waals surface area (Å²) in [6.07, 6.45) is 1.53. The van der Waals surface area contributed by atoms with Crippen molar-refractivity contribution in [1.82, 2.24) is 0 Å². The van der Waals surface area contributed by atoms with E-state index in [1.807, 2.05) is 30.0 Å². The first kappa shape index (κ1) is 11.9. The molecule has 0 bridgehead atoms. The molecule has 3 heteroatoms. The summed E-state index contributed by atoms with van der Waals surface area (Å²) in [7, 11) is 0. The van der Waals surface area contributed by atoms with Gasteiger partial charge in [0.2, 0.25) is 0 Å². The number of hydrogen-bond acceptors (Lipinski definition) is 3. The SMILES string of the molecule is CCC(C)Sc1ccc(N)c(CC#N)c1. The third kappa shape index (κ3) is 3.49. The Morgan fingerprint density at radius 2 is 2.27 bits per heavy atom. The monoisotopic (exact) mass is 220 g/mol. The highest BCUT2D eigenvalue weighted by Gasteiger charge is 2.04. The van der Waals surface area contributed by atoms with Gasteiger partial charge >= 0.3 is 0 Å². The molecule has 0 aliphatic heterocycles. The Morgan fingerprint density at radius 1 is 1.53 bits per heavy atom. The van der Waals surface area contributed by atoms with E-state index in [1.165, 1.54) is 4.90 Å². The number of benzene rings is 1. The summed E-state index contributed by atoms with van der Waals surface area (Å²) in [6.45, 7) is 4.37. The summed E-state index contributed by atoms with van der Waals surface area (Å²) in [4.78, 5) is 1.20. The Bertz CT molecular complexity index is 368. The molecule has 1 aromatic carbocycles. The third-order valence-corrected chi connectivity index (χ3v) is 3.56. The molecule has 0 fully saturated rings. The first-order chi connectivity index (χ1) is 7.17. The molecule has 2 N–H and O–H groups in total. The number of rotatable bonds is 4. The van der Waals surface area contributed by atoms with Gasteiger partial charge in [0.05, 0.1) is 12.5 Å². The number of hydrogen-bond donors (Lipinski definition) is 1. The van der Waals surface area contributed by atoms with Crippen LogP contribution in [0.4, 0.5) is 5.69 Å². The number of thioether (sulfide) groups is 1. The van der Waals surface area contributed by atoms with Crippen LogP contribution in [-0.4, -0.2) is 5.25 Å². The number of anilines is 1. The van der Waals surface area contributed by atoms with E-state index in [0.717, 1.165) is 12.0 Å². The van der Waals surface area contributed by atoms with E-state index in [-0.39, 0.29) is 0 Å². The minimum Gasteiger partial charge on any atom is -0.398 e. The summed E-state index contributed by atoms with van der Waals surface area (Å²) in [5.41, 5.74) is 7.43. The second-order valence-electron chi connectivity index (χ2n) is 3.53. The van der Waals surface area contributed by atoms with Gasteiger partial charge in [-0.3, -0.25) is 0 Å². The van der Waals surface area contributed by atoms with Gasteiger partial charge in [0.1, 0.15) is 0 Å². The van der Waals surface area contributed by atoms with Crippen LogP contribution >= 0.6 is 11.8 Å². The Kier molecular flexibility index (Phi) is 4.51. The molecule has 1 atom stereocenters. The lowest BCUT2D eigenvalue weighted by molar-refractivity contribution is 0.905. The molecule has 1 aromatic rings. The fraction of sp³-hybridized carbons (Fsp3) is 0.417. The van der Waals surface area contributed by atoms with Crippen LogP contribution < -0.4 is 5.73 Å². The van der Waals surface area contributed by atoms with Crippen LogP contribution in [0, 0.1) is 11.3 Å². The predicted molar refractivity (Wildman–Crippen MR) is 65.8 cm³/mol. The molecule has 0 radical (unpaired) electrons. The Morgan fingerprint density at radius 3 is 2.87 bits per heavy atom. The molecule has 0 amide bonds. The standard InChI is InChI=1S/C12H16N2S/c1-3-9(2)15-11-4-5-12(14)10(8-11)6-7-13/h4-5,8-9H,3,6,14H2,1-2H3. The third-order valence-electron chi connectivity index (χ3n) is 2.30. The summed E-state index contributed by atoms with van der Waals surface area (Å²) < 4.78 is 0. The Hall–Kier alpha value is -1.14. The maximum absolute atomic E-state index is 8.65. The maximum Gasteiger partial charge on any atom is 0.0670 e. The Labute approximate surface area is 95.5 Å². The average molecular weight is 220 g/mol. The lowest BCUT2D eigenvalue weighted by Crippen LogP contribution is -1.96. The second kappa shape index (κ2) is 5.67.